The van der Waals surface area contributed by atoms with Crippen molar-refractivity contribution >= 4 is 23.1 Å². The Morgan fingerprint density at radius 3 is 2.46 bits per heavy atom. The molecule has 1 N–H and O–H groups in total. The third-order valence-electron chi connectivity index (χ3n) is 5.85. The van der Waals surface area contributed by atoms with Crippen LogP contribution in [-0.4, -0.2) is 41.9 Å². The molecule has 1 aliphatic rings. The van der Waals surface area contributed by atoms with Gasteiger partial charge in [-0.3, -0.25) is 9.59 Å². The number of hydrogen-bond acceptors (Lipinski definition) is 6. The number of carbonyl (C=O) groups excluding carboxylic acids is 1. The number of aromatic nitrogens is 2. The highest BCUT2D eigenvalue weighted by Gasteiger charge is 2.19. The van der Waals surface area contributed by atoms with E-state index in [4.69, 9.17) is 4.42 Å². The van der Waals surface area contributed by atoms with Crippen LogP contribution in [0.3, 0.4) is 0 Å². The van der Waals surface area contributed by atoms with Gasteiger partial charge in [0.2, 0.25) is 0 Å². The van der Waals surface area contributed by atoms with Gasteiger partial charge in [0.25, 0.3) is 11.5 Å². The smallest absolute Gasteiger partial charge is 0.291 e. The Hall–Kier alpha value is -4.40. The predicted molar refractivity (Wildman–Crippen MR) is 132 cm³/mol. The lowest BCUT2D eigenvalue weighted by Gasteiger charge is -2.36. The first-order chi connectivity index (χ1) is 17.0. The van der Waals surface area contributed by atoms with Gasteiger partial charge in [0.15, 0.2) is 5.76 Å². The summed E-state index contributed by atoms with van der Waals surface area (Å²) in [6.07, 6.45) is 0. The molecule has 0 aliphatic carbocycles. The highest BCUT2D eigenvalue weighted by atomic mass is 19.1. The molecule has 0 spiro atoms. The number of rotatable bonds is 6. The average Bonchev–Trinajstić information content (AvgIpc) is 3.35. The molecule has 178 valence electrons. The first-order valence-corrected chi connectivity index (χ1v) is 11.3. The standard InChI is InChI=1S/C26H24FN5O3/c27-19-5-4-6-20(17-19)28-26(34)23-10-9-22(35-23)18-32-25(33)12-11-24(29-32)31-15-13-30(14-16-31)21-7-2-1-3-8-21/h1-12,17H,13-16,18H2,(H,28,34). The minimum atomic E-state index is -0.507. The highest BCUT2D eigenvalue weighted by molar-refractivity contribution is 6.02. The van der Waals surface area contributed by atoms with Crippen molar-refractivity contribution in [1.82, 2.24) is 9.78 Å². The molecule has 35 heavy (non-hydrogen) atoms. The number of anilines is 3. The van der Waals surface area contributed by atoms with Crippen molar-refractivity contribution in [2.24, 2.45) is 0 Å². The number of piperazine rings is 1. The van der Waals surface area contributed by atoms with Gasteiger partial charge in [0, 0.05) is 43.6 Å². The maximum absolute atomic E-state index is 13.3. The van der Waals surface area contributed by atoms with Crippen LogP contribution in [0.25, 0.3) is 0 Å². The number of amides is 1. The summed E-state index contributed by atoms with van der Waals surface area (Å²) in [5, 5.41) is 7.12. The summed E-state index contributed by atoms with van der Waals surface area (Å²) in [7, 11) is 0. The van der Waals surface area contributed by atoms with Crippen LogP contribution in [0.4, 0.5) is 21.6 Å². The molecule has 0 atom stereocenters. The second kappa shape index (κ2) is 9.84. The third kappa shape index (κ3) is 5.24. The van der Waals surface area contributed by atoms with Gasteiger partial charge in [0.05, 0.1) is 0 Å². The van der Waals surface area contributed by atoms with Gasteiger partial charge in [-0.15, -0.1) is 0 Å². The Morgan fingerprint density at radius 2 is 1.69 bits per heavy atom. The fraction of sp³-hybridized carbons (Fsp3) is 0.192. The summed E-state index contributed by atoms with van der Waals surface area (Å²) < 4.78 is 20.3. The average molecular weight is 474 g/mol. The van der Waals surface area contributed by atoms with Gasteiger partial charge in [0.1, 0.15) is 23.9 Å². The van der Waals surface area contributed by atoms with Crippen LogP contribution in [0.5, 0.6) is 0 Å². The molecular weight excluding hydrogens is 449 g/mol. The molecule has 1 amide bonds. The molecule has 5 rings (SSSR count). The minimum absolute atomic E-state index is 0.0606. The quantitative estimate of drug-likeness (QED) is 0.461. The number of furan rings is 1. The van der Waals surface area contributed by atoms with Crippen molar-refractivity contribution in [2.75, 3.05) is 41.3 Å². The zero-order valence-electron chi connectivity index (χ0n) is 18.9. The van der Waals surface area contributed by atoms with Crippen molar-refractivity contribution in [2.45, 2.75) is 6.54 Å². The number of nitrogens with one attached hydrogen (secondary N) is 1. The number of carbonyl (C=O) groups is 1. The molecule has 3 heterocycles. The van der Waals surface area contributed by atoms with Crippen LogP contribution in [0.15, 0.2) is 88.1 Å². The zero-order valence-corrected chi connectivity index (χ0v) is 18.9. The van der Waals surface area contributed by atoms with Crippen molar-refractivity contribution in [1.29, 1.82) is 0 Å². The van der Waals surface area contributed by atoms with Crippen molar-refractivity contribution < 1.29 is 13.6 Å². The number of hydrogen-bond donors (Lipinski definition) is 1. The van der Waals surface area contributed by atoms with Crippen LogP contribution in [0.2, 0.25) is 0 Å². The van der Waals surface area contributed by atoms with Crippen LogP contribution in [0.1, 0.15) is 16.3 Å². The van der Waals surface area contributed by atoms with E-state index in [1.54, 1.807) is 18.2 Å². The van der Waals surface area contributed by atoms with Gasteiger partial charge in [-0.05, 0) is 48.5 Å². The largest absolute Gasteiger partial charge is 0.454 e. The van der Waals surface area contributed by atoms with E-state index in [-0.39, 0.29) is 17.9 Å². The number of para-hydroxylation sites is 1. The Kier molecular flexibility index (Phi) is 6.30. The summed E-state index contributed by atoms with van der Waals surface area (Å²) in [6.45, 7) is 3.36. The van der Waals surface area contributed by atoms with Crippen LogP contribution in [0, 0.1) is 5.82 Å². The van der Waals surface area contributed by atoms with E-state index >= 15 is 0 Å². The summed E-state index contributed by atoms with van der Waals surface area (Å²) in [6, 6.07) is 22.2. The van der Waals surface area contributed by atoms with Gasteiger partial charge >= 0.3 is 0 Å². The maximum atomic E-state index is 13.3. The molecule has 0 bridgehead atoms. The van der Waals surface area contributed by atoms with Crippen LogP contribution < -0.4 is 20.7 Å². The molecule has 8 nitrogen and oxygen atoms in total. The predicted octanol–water partition coefficient (Wildman–Crippen LogP) is 3.60. The molecular formula is C26H24FN5O3. The summed E-state index contributed by atoms with van der Waals surface area (Å²) in [4.78, 5) is 29.3. The van der Waals surface area contributed by atoms with Crippen molar-refractivity contribution in [3.8, 4) is 0 Å². The molecule has 1 fully saturated rings. The molecule has 2 aromatic carbocycles. The second-order valence-electron chi connectivity index (χ2n) is 8.23. The Labute approximate surface area is 201 Å². The Bertz CT molecular complexity index is 1380. The van der Waals surface area contributed by atoms with E-state index in [0.717, 1.165) is 26.2 Å². The van der Waals surface area contributed by atoms with E-state index in [2.05, 4.69) is 32.3 Å². The second-order valence-corrected chi connectivity index (χ2v) is 8.23. The molecule has 4 aromatic rings. The lowest BCUT2D eigenvalue weighted by atomic mass is 10.2. The van der Waals surface area contributed by atoms with Gasteiger partial charge in [-0.25, -0.2) is 9.07 Å². The van der Waals surface area contributed by atoms with Gasteiger partial charge in [-0.1, -0.05) is 24.3 Å². The first kappa shape index (κ1) is 22.4. The molecule has 0 radical (unpaired) electrons. The Morgan fingerprint density at radius 1 is 0.914 bits per heavy atom. The van der Waals surface area contributed by atoms with E-state index in [1.807, 2.05) is 18.2 Å². The topological polar surface area (TPSA) is 83.6 Å². The van der Waals surface area contributed by atoms with Crippen LogP contribution in [-0.2, 0) is 6.54 Å². The SMILES string of the molecule is O=C(Nc1cccc(F)c1)c1ccc(Cn2nc(N3CCN(c4ccccc4)CC3)ccc2=O)o1. The summed E-state index contributed by atoms with van der Waals surface area (Å²) >= 11 is 0. The minimum Gasteiger partial charge on any atom is -0.454 e. The summed E-state index contributed by atoms with van der Waals surface area (Å²) in [5.74, 6) is 0.232. The molecule has 2 aromatic heterocycles. The molecule has 0 saturated carbocycles. The normalized spacial score (nSPS) is 13.6. The number of benzene rings is 2. The van der Waals surface area contributed by atoms with Crippen molar-refractivity contribution in [3.05, 3.63) is 107 Å². The van der Waals surface area contributed by atoms with E-state index in [1.165, 1.54) is 40.7 Å². The highest BCUT2D eigenvalue weighted by Crippen LogP contribution is 2.19. The maximum Gasteiger partial charge on any atom is 0.291 e. The third-order valence-corrected chi connectivity index (χ3v) is 5.85. The fourth-order valence-electron chi connectivity index (χ4n) is 4.04. The number of halogens is 1. The van der Waals surface area contributed by atoms with Crippen molar-refractivity contribution in [3.63, 3.8) is 0 Å². The van der Waals surface area contributed by atoms with Gasteiger partial charge < -0.3 is 19.5 Å². The summed E-state index contributed by atoms with van der Waals surface area (Å²) in [5.41, 5.74) is 1.25. The monoisotopic (exact) mass is 473 g/mol. The van der Waals surface area contributed by atoms with Crippen LogP contribution >= 0.6 is 0 Å². The first-order valence-electron chi connectivity index (χ1n) is 11.3. The van der Waals surface area contributed by atoms with Gasteiger partial charge in [-0.2, -0.15) is 5.10 Å². The fourth-order valence-corrected chi connectivity index (χ4v) is 4.04. The Balaban J connectivity index is 1.24. The lowest BCUT2D eigenvalue weighted by Crippen LogP contribution is -2.47. The molecule has 0 unspecified atom stereocenters. The molecule has 1 saturated heterocycles. The molecule has 9 heteroatoms. The lowest BCUT2D eigenvalue weighted by molar-refractivity contribution is 0.0994. The zero-order chi connectivity index (χ0) is 24.2. The van der Waals surface area contributed by atoms with E-state index in [9.17, 15) is 14.0 Å². The van der Waals surface area contributed by atoms with E-state index < -0.39 is 11.7 Å². The number of nitrogens with zero attached hydrogens (tertiary/aromatic N) is 4. The molecule has 1 aliphatic heterocycles. The van der Waals surface area contributed by atoms with E-state index in [0.29, 0.717) is 17.3 Å².